The van der Waals surface area contributed by atoms with E-state index in [4.69, 9.17) is 4.98 Å². The molecule has 2 aliphatic rings. The van der Waals surface area contributed by atoms with Gasteiger partial charge in [0.25, 0.3) is 0 Å². The molecule has 1 aromatic heterocycles. The molecule has 0 saturated carbocycles. The molecule has 6 nitrogen and oxygen atoms in total. The minimum Gasteiger partial charge on any atom is -0.374 e. The Morgan fingerprint density at radius 2 is 1.82 bits per heavy atom. The second-order valence-corrected chi connectivity index (χ2v) is 8.56. The van der Waals surface area contributed by atoms with Crippen molar-refractivity contribution in [2.24, 2.45) is 5.10 Å². The fourth-order valence-corrected chi connectivity index (χ4v) is 4.99. The molecule has 3 aromatic carbocycles. The van der Waals surface area contributed by atoms with Gasteiger partial charge in [-0.15, -0.1) is 0 Å². The number of aldehydes is 1. The van der Waals surface area contributed by atoms with Crippen LogP contribution in [0.2, 0.25) is 0 Å². The van der Waals surface area contributed by atoms with Crippen LogP contribution in [0.5, 0.6) is 0 Å². The lowest BCUT2D eigenvalue weighted by molar-refractivity contribution is -0.109. The van der Waals surface area contributed by atoms with Crippen LogP contribution in [0.3, 0.4) is 0 Å². The molecule has 2 N–H and O–H groups in total. The monoisotopic (exact) mass is 451 g/mol. The maximum atomic E-state index is 13.8. The predicted molar refractivity (Wildman–Crippen MR) is 128 cm³/mol. The van der Waals surface area contributed by atoms with Crippen LogP contribution in [0, 0.1) is 5.82 Å². The Hall–Kier alpha value is -4.26. The predicted octanol–water partition coefficient (Wildman–Crippen LogP) is 4.57. The van der Waals surface area contributed by atoms with Gasteiger partial charge in [0.15, 0.2) is 0 Å². The van der Waals surface area contributed by atoms with Gasteiger partial charge in [-0.25, -0.2) is 9.37 Å². The van der Waals surface area contributed by atoms with E-state index in [0.717, 1.165) is 40.2 Å². The molecule has 2 aliphatic heterocycles. The number of nitrogens with one attached hydrogen (secondary N) is 2. The van der Waals surface area contributed by atoms with Crippen LogP contribution >= 0.6 is 0 Å². The van der Waals surface area contributed by atoms with Gasteiger partial charge < -0.3 is 14.7 Å². The first-order valence-electron chi connectivity index (χ1n) is 11.2. The van der Waals surface area contributed by atoms with Gasteiger partial charge in [0.05, 0.1) is 17.7 Å². The number of carbonyl (C=O) groups is 1. The zero-order chi connectivity index (χ0) is 23.1. The average molecular weight is 452 g/mol. The summed E-state index contributed by atoms with van der Waals surface area (Å²) in [6.07, 6.45) is 4.64. The van der Waals surface area contributed by atoms with E-state index in [9.17, 15) is 9.18 Å². The molecule has 3 atom stereocenters. The lowest BCUT2D eigenvalue weighted by atomic mass is 9.77. The van der Waals surface area contributed by atoms with Crippen molar-refractivity contribution in [2.45, 2.75) is 24.5 Å². The molecule has 0 radical (unpaired) electrons. The van der Waals surface area contributed by atoms with Crippen LogP contribution in [0.25, 0.3) is 0 Å². The molecule has 6 rings (SSSR count). The smallest absolute Gasteiger partial charge is 0.148 e. The van der Waals surface area contributed by atoms with Crippen molar-refractivity contribution in [3.8, 4) is 0 Å². The summed E-state index contributed by atoms with van der Waals surface area (Å²) >= 11 is 0. The molecule has 34 heavy (non-hydrogen) atoms. The first kappa shape index (κ1) is 20.4. The molecule has 0 aliphatic carbocycles. The molecule has 4 aromatic rings. The average Bonchev–Trinajstić information content (AvgIpc) is 3.33. The molecule has 0 spiro atoms. The van der Waals surface area contributed by atoms with E-state index in [2.05, 4.69) is 32.5 Å². The number of anilines is 1. The molecule has 3 unspecified atom stereocenters. The van der Waals surface area contributed by atoms with E-state index in [1.807, 2.05) is 42.6 Å². The van der Waals surface area contributed by atoms with E-state index >= 15 is 0 Å². The number of hydrogen-bond donors (Lipinski definition) is 2. The third-order valence-electron chi connectivity index (χ3n) is 6.54. The maximum Gasteiger partial charge on any atom is 0.148 e. The number of hydrogen-bond acceptors (Lipinski definition) is 5. The quantitative estimate of drug-likeness (QED) is 0.436. The highest BCUT2D eigenvalue weighted by Crippen LogP contribution is 2.45. The molecule has 0 amide bonds. The fourth-order valence-electron chi connectivity index (χ4n) is 4.99. The topological polar surface area (TPSA) is 71.3 Å². The third kappa shape index (κ3) is 3.37. The number of aromatic nitrogens is 2. The molecular formula is C27H22FN5O. The van der Waals surface area contributed by atoms with E-state index < -0.39 is 6.04 Å². The SMILES string of the molecule is O=CC1NN=C2c3c(cccc31)NC(c1nccn1Cc1ccccc1)C2c1ccc(F)cc1. The lowest BCUT2D eigenvalue weighted by Gasteiger charge is -2.39. The Morgan fingerprint density at radius 3 is 2.62 bits per heavy atom. The van der Waals surface area contributed by atoms with Crippen molar-refractivity contribution < 1.29 is 9.18 Å². The summed E-state index contributed by atoms with van der Waals surface area (Å²) in [5.41, 5.74) is 8.61. The van der Waals surface area contributed by atoms with Crippen molar-refractivity contribution in [3.63, 3.8) is 0 Å². The lowest BCUT2D eigenvalue weighted by Crippen LogP contribution is -2.39. The first-order chi connectivity index (χ1) is 16.7. The summed E-state index contributed by atoms with van der Waals surface area (Å²) in [4.78, 5) is 16.4. The van der Waals surface area contributed by atoms with Gasteiger partial charge in [0, 0.05) is 30.2 Å². The molecule has 0 fully saturated rings. The van der Waals surface area contributed by atoms with Gasteiger partial charge in [-0.2, -0.15) is 5.10 Å². The standard InChI is InChI=1S/C27H22FN5O/c28-19-11-9-18(10-12-19)23-25-24-20(22(16-34)31-32-25)7-4-8-21(24)30-26(23)27-29-13-14-33(27)15-17-5-2-1-3-6-17/h1-14,16,22-23,26,30-31H,15H2. The molecular weight excluding hydrogens is 429 g/mol. The molecule has 3 heterocycles. The fraction of sp³-hybridized carbons (Fsp3) is 0.148. The maximum absolute atomic E-state index is 13.8. The molecule has 0 bridgehead atoms. The number of nitrogens with zero attached hydrogens (tertiary/aromatic N) is 3. The highest BCUT2D eigenvalue weighted by atomic mass is 19.1. The van der Waals surface area contributed by atoms with Gasteiger partial charge in [-0.1, -0.05) is 54.6 Å². The van der Waals surface area contributed by atoms with E-state index in [1.54, 1.807) is 18.3 Å². The van der Waals surface area contributed by atoms with E-state index in [0.29, 0.717) is 6.54 Å². The van der Waals surface area contributed by atoms with Crippen molar-refractivity contribution >= 4 is 17.7 Å². The summed E-state index contributed by atoms with van der Waals surface area (Å²) < 4.78 is 15.9. The Balaban J connectivity index is 1.50. The number of halogens is 1. The molecule has 168 valence electrons. The minimum atomic E-state index is -0.508. The molecule has 0 saturated heterocycles. The van der Waals surface area contributed by atoms with Gasteiger partial charge >= 0.3 is 0 Å². The second-order valence-electron chi connectivity index (χ2n) is 8.56. The Labute approximate surface area is 196 Å². The van der Waals surface area contributed by atoms with E-state index in [-0.39, 0.29) is 17.8 Å². The van der Waals surface area contributed by atoms with Crippen LogP contribution in [0.4, 0.5) is 10.1 Å². The first-order valence-corrected chi connectivity index (χ1v) is 11.2. The Kier molecular flexibility index (Phi) is 4.95. The number of carbonyl (C=O) groups excluding carboxylic acids is 1. The number of benzene rings is 3. The van der Waals surface area contributed by atoms with Gasteiger partial charge in [-0.3, -0.25) is 5.43 Å². The largest absolute Gasteiger partial charge is 0.374 e. The van der Waals surface area contributed by atoms with Gasteiger partial charge in [0.2, 0.25) is 0 Å². The highest BCUT2D eigenvalue weighted by Gasteiger charge is 2.41. The van der Waals surface area contributed by atoms with Crippen molar-refractivity contribution in [3.05, 3.63) is 119 Å². The zero-order valence-electron chi connectivity index (χ0n) is 18.2. The molecule has 7 heteroatoms. The number of hydrazone groups is 1. The summed E-state index contributed by atoms with van der Waals surface area (Å²) in [5, 5.41) is 8.34. The summed E-state index contributed by atoms with van der Waals surface area (Å²) in [6.45, 7) is 0.676. The minimum absolute atomic E-state index is 0.244. The van der Waals surface area contributed by atoms with Crippen LogP contribution in [0.15, 0.2) is 90.3 Å². The zero-order valence-corrected chi connectivity index (χ0v) is 18.2. The summed E-state index contributed by atoms with van der Waals surface area (Å²) in [7, 11) is 0. The Bertz CT molecular complexity index is 1380. The van der Waals surface area contributed by atoms with Gasteiger partial charge in [-0.05, 0) is 34.9 Å². The second kappa shape index (κ2) is 8.26. The van der Waals surface area contributed by atoms with Gasteiger partial charge in [0.1, 0.15) is 24.0 Å². The number of rotatable bonds is 5. The van der Waals surface area contributed by atoms with Crippen molar-refractivity contribution in [1.82, 2.24) is 15.0 Å². The third-order valence-corrected chi connectivity index (χ3v) is 6.54. The normalized spacial score (nSPS) is 20.5. The number of imidazole rings is 1. The van der Waals surface area contributed by atoms with Crippen LogP contribution in [-0.2, 0) is 11.3 Å². The van der Waals surface area contributed by atoms with Crippen LogP contribution in [-0.4, -0.2) is 21.5 Å². The van der Waals surface area contributed by atoms with Crippen LogP contribution < -0.4 is 10.7 Å². The summed E-state index contributed by atoms with van der Waals surface area (Å²) in [5.74, 6) is 0.321. The van der Waals surface area contributed by atoms with E-state index in [1.165, 1.54) is 17.7 Å². The van der Waals surface area contributed by atoms with Crippen molar-refractivity contribution in [1.29, 1.82) is 0 Å². The highest BCUT2D eigenvalue weighted by molar-refractivity contribution is 6.13. The summed E-state index contributed by atoms with van der Waals surface area (Å²) in [6, 6.07) is 21.9. The van der Waals surface area contributed by atoms with Crippen molar-refractivity contribution in [2.75, 3.05) is 5.32 Å². The Morgan fingerprint density at radius 1 is 1.00 bits per heavy atom. The van der Waals surface area contributed by atoms with Crippen LogP contribution in [0.1, 0.15) is 46.1 Å².